The molecule has 0 aliphatic heterocycles. The van der Waals surface area contributed by atoms with E-state index < -0.39 is 39.0 Å². The molecule has 0 heterocycles. The molecule has 15 heteroatoms. The van der Waals surface area contributed by atoms with Crippen LogP contribution >= 0.6 is 0 Å². The van der Waals surface area contributed by atoms with Gasteiger partial charge in [0.15, 0.2) is 0 Å². The third-order valence-electron chi connectivity index (χ3n) is 0. The van der Waals surface area contributed by atoms with Crippen LogP contribution in [0.1, 0.15) is 0 Å². The van der Waals surface area contributed by atoms with Crippen LogP contribution in [-0.2, 0) is 22.4 Å². The first kappa shape index (κ1) is 21.8. The average molecular weight is 579 g/mol. The molecule has 0 atom stereocenters. The van der Waals surface area contributed by atoms with Crippen LogP contribution in [0.4, 0.5) is 33.8 Å². The summed E-state index contributed by atoms with van der Waals surface area (Å²) < 4.78 is 119. The fourth-order valence-electron chi connectivity index (χ4n) is 0. The molecule has 0 rings (SSSR count). The van der Waals surface area contributed by atoms with Gasteiger partial charge in [0.25, 0.3) is 0 Å². The first-order valence-electron chi connectivity index (χ1n) is 2.03. The summed E-state index contributed by atoms with van der Waals surface area (Å²) in [5.41, 5.74) is 0. The fourth-order valence-corrected chi connectivity index (χ4v) is 0. The third kappa shape index (κ3) is 1210. The molecule has 0 bridgehead atoms. The molecule has 0 saturated carbocycles. The minimum atomic E-state index is -11.2. The van der Waals surface area contributed by atoms with Crippen LogP contribution in [0.15, 0.2) is 0 Å². The third-order valence-corrected chi connectivity index (χ3v) is 0. The van der Waals surface area contributed by atoms with Gasteiger partial charge in [-0.2, -0.15) is 0 Å². The predicted molar refractivity (Wildman–Crippen MR) is 24.8 cm³/mol. The van der Waals surface area contributed by atoms with E-state index in [0.29, 0.717) is 0 Å². The second-order valence-corrected chi connectivity index (χ2v) is 12.9. The molecule has 0 fully saturated rings. The molecule has 0 aliphatic rings. The molecule has 0 aliphatic carbocycles. The standard InChI is InChI=1S/Ag.12FH.2Sb/h;12*1H;;/q+2;;;;;;;;;;;;;2*+5/p-12. The molecule has 105 valence electrons. The summed E-state index contributed by atoms with van der Waals surface area (Å²) in [4.78, 5) is 0. The van der Waals surface area contributed by atoms with E-state index >= 15 is 0 Å². The molecule has 0 saturated heterocycles. The van der Waals surface area contributed by atoms with Crippen molar-refractivity contribution in [3.05, 3.63) is 0 Å². The van der Waals surface area contributed by atoms with E-state index in [9.17, 15) is 33.8 Å². The van der Waals surface area contributed by atoms with Crippen LogP contribution in [-0.4, -0.2) is 39.0 Å². The van der Waals surface area contributed by atoms with Crippen LogP contribution in [0.3, 0.4) is 0 Å². The number of rotatable bonds is 0. The Kier molecular flexibility index (Phi) is 4.79. The van der Waals surface area contributed by atoms with E-state index in [0.717, 1.165) is 0 Å². The van der Waals surface area contributed by atoms with Crippen molar-refractivity contribution in [3.8, 4) is 0 Å². The van der Waals surface area contributed by atoms with Crippen molar-refractivity contribution in [2.24, 2.45) is 0 Å². The maximum atomic E-state index is 9.93. The Morgan fingerprint density at radius 2 is 0.333 bits per heavy atom. The van der Waals surface area contributed by atoms with Gasteiger partial charge >= 0.3 is 95.1 Å². The van der Waals surface area contributed by atoms with Gasteiger partial charge in [0.05, 0.1) is 0 Å². The predicted octanol–water partition coefficient (Wildman–Crippen LogP) is 4.28. The average Bonchev–Trinajstić information content (AvgIpc) is 0.938. The number of halogens is 12. The van der Waals surface area contributed by atoms with Crippen LogP contribution in [0, 0.1) is 0 Å². The monoisotopic (exact) mass is 577 g/mol. The van der Waals surface area contributed by atoms with Gasteiger partial charge < -0.3 is 0 Å². The minimum absolute atomic E-state index is 0. The molecule has 0 amide bonds. The van der Waals surface area contributed by atoms with E-state index in [-0.39, 0.29) is 22.4 Å². The first-order valence-corrected chi connectivity index (χ1v) is 13.6. The Bertz CT molecular complexity index is 161. The molecule has 15 heavy (non-hydrogen) atoms. The van der Waals surface area contributed by atoms with Gasteiger partial charge in [-0.15, -0.1) is 0 Å². The quantitative estimate of drug-likeness (QED) is 0.297. The van der Waals surface area contributed by atoms with E-state index in [4.69, 9.17) is 0 Å². The van der Waals surface area contributed by atoms with E-state index in [1.807, 2.05) is 0 Å². The molecule has 0 aromatic rings. The number of hydrogen-bond acceptors (Lipinski definition) is 0. The van der Waals surface area contributed by atoms with Gasteiger partial charge in [0.2, 0.25) is 0 Å². The zero-order valence-corrected chi connectivity index (χ0v) is 12.3. The fraction of sp³-hybridized carbons (Fsp3) is 0. The van der Waals surface area contributed by atoms with E-state index in [1.54, 1.807) is 0 Å². The SMILES string of the molecule is [Ag+2].[F][Sb-]([F])([F])([F])([F])[F].[F][Sb-]([F])([F])([F])([F])[F]. The summed E-state index contributed by atoms with van der Waals surface area (Å²) in [5.74, 6) is 0. The van der Waals surface area contributed by atoms with Crippen molar-refractivity contribution in [1.82, 2.24) is 0 Å². The zero-order valence-electron chi connectivity index (χ0n) is 5.73. The van der Waals surface area contributed by atoms with Gasteiger partial charge in [-0.1, -0.05) is 0 Å². The van der Waals surface area contributed by atoms with Gasteiger partial charge in [-0.25, -0.2) is 0 Å². The van der Waals surface area contributed by atoms with Crippen molar-refractivity contribution >= 4 is 39.0 Å². The van der Waals surface area contributed by atoms with Crippen molar-refractivity contribution in [2.75, 3.05) is 0 Å². The van der Waals surface area contributed by atoms with Crippen LogP contribution < -0.4 is 0 Å². The summed E-state index contributed by atoms with van der Waals surface area (Å²) in [6.07, 6.45) is 0. The molecule has 1 radical (unpaired) electrons. The summed E-state index contributed by atoms with van der Waals surface area (Å²) in [7, 11) is 0. The molecule has 0 unspecified atom stereocenters. The Labute approximate surface area is 94.3 Å². The Morgan fingerprint density at radius 1 is 0.333 bits per heavy atom. The molecular formula is AgF12Sb2. The van der Waals surface area contributed by atoms with E-state index in [1.165, 1.54) is 0 Å². The summed E-state index contributed by atoms with van der Waals surface area (Å²) in [6, 6.07) is 0. The van der Waals surface area contributed by atoms with Crippen LogP contribution in [0.25, 0.3) is 0 Å². The second kappa shape index (κ2) is 3.30. The summed E-state index contributed by atoms with van der Waals surface area (Å²) in [6.45, 7) is 0. The summed E-state index contributed by atoms with van der Waals surface area (Å²) in [5, 5.41) is 0. The van der Waals surface area contributed by atoms with Gasteiger partial charge in [-0.3, -0.25) is 0 Å². The molecular weight excluding hydrogens is 579 g/mol. The topological polar surface area (TPSA) is 0 Å². The zero-order chi connectivity index (χ0) is 12.8. The first-order chi connectivity index (χ1) is 4.90. The molecule has 0 spiro atoms. The molecule has 0 aromatic heterocycles. The van der Waals surface area contributed by atoms with Crippen LogP contribution in [0.5, 0.6) is 0 Å². The van der Waals surface area contributed by atoms with Crippen molar-refractivity contribution in [3.63, 3.8) is 0 Å². The Balaban J connectivity index is -0.000000180. The van der Waals surface area contributed by atoms with Crippen LogP contribution in [0.2, 0.25) is 0 Å². The normalized spacial score (nSPS) is 21.6. The van der Waals surface area contributed by atoms with Gasteiger partial charge in [0.1, 0.15) is 0 Å². The second-order valence-electron chi connectivity index (χ2n) is 1.92. The van der Waals surface area contributed by atoms with Crippen molar-refractivity contribution in [2.45, 2.75) is 0 Å². The Morgan fingerprint density at radius 3 is 0.333 bits per heavy atom. The maximum absolute atomic E-state index is 11.2. The molecule has 0 N–H and O–H groups in total. The van der Waals surface area contributed by atoms with Crippen molar-refractivity contribution in [1.29, 1.82) is 0 Å². The molecule has 0 aromatic carbocycles. The number of hydrogen-bond donors (Lipinski definition) is 0. The van der Waals surface area contributed by atoms with Crippen molar-refractivity contribution < 1.29 is 56.1 Å². The van der Waals surface area contributed by atoms with Gasteiger partial charge in [-0.05, 0) is 0 Å². The summed E-state index contributed by atoms with van der Waals surface area (Å²) >= 11 is -22.5. The van der Waals surface area contributed by atoms with Gasteiger partial charge in [0, 0.05) is 0 Å². The van der Waals surface area contributed by atoms with E-state index in [2.05, 4.69) is 0 Å². The molecule has 0 nitrogen and oxygen atoms in total. The Hall–Kier alpha value is 1.54.